The van der Waals surface area contributed by atoms with Gasteiger partial charge in [-0.2, -0.15) is 5.10 Å². The molecule has 0 saturated carbocycles. The molecule has 1 aromatic rings. The molecule has 0 unspecified atom stereocenters. The highest BCUT2D eigenvalue weighted by Crippen LogP contribution is 2.37. The zero-order valence-corrected chi connectivity index (χ0v) is 16.8. The molecule has 2 heterocycles. The van der Waals surface area contributed by atoms with Crippen molar-refractivity contribution in [3.05, 3.63) is 10.8 Å². The first-order valence-corrected chi connectivity index (χ1v) is 8.78. The third-order valence-electron chi connectivity index (χ3n) is 4.11. The fraction of sp³-hybridized carbons (Fsp3) is 0.688. The normalized spacial score (nSPS) is 17.1. The van der Waals surface area contributed by atoms with Crippen LogP contribution in [0.15, 0.2) is 10.8 Å². The van der Waals surface area contributed by atoms with E-state index in [1.165, 1.54) is 20.4 Å². The molecule has 0 atom stereocenters. The first kappa shape index (κ1) is 19.6. The summed E-state index contributed by atoms with van der Waals surface area (Å²) in [6, 6.07) is 0. The zero-order chi connectivity index (χ0) is 18.8. The second-order valence-electron chi connectivity index (χ2n) is 6.91. The number of nitrogens with zero attached hydrogens (tertiary/aromatic N) is 3. The van der Waals surface area contributed by atoms with Crippen molar-refractivity contribution in [3.8, 4) is 5.75 Å². The van der Waals surface area contributed by atoms with Gasteiger partial charge in [-0.05, 0) is 36.7 Å². The average molecular weight is 418 g/mol. The number of esters is 1. The monoisotopic (exact) mass is 417 g/mol. The molecule has 1 aliphatic rings. The Morgan fingerprint density at radius 1 is 1.24 bits per heavy atom. The minimum absolute atomic E-state index is 0.360. The molecular weight excluding hydrogens is 394 g/mol. The van der Waals surface area contributed by atoms with Gasteiger partial charge in [0.1, 0.15) is 10.2 Å². The van der Waals surface area contributed by atoms with E-state index in [-0.39, 0.29) is 6.09 Å². The number of likely N-dealkylation sites (tertiary alicyclic amines) is 1. The third kappa shape index (κ3) is 3.91. The number of rotatable bonds is 3. The predicted molar refractivity (Wildman–Crippen MR) is 93.5 cm³/mol. The summed E-state index contributed by atoms with van der Waals surface area (Å²) in [5.74, 6) is 0.126. The summed E-state index contributed by atoms with van der Waals surface area (Å²) >= 11 is 3.43. The quantitative estimate of drug-likeness (QED) is 0.702. The summed E-state index contributed by atoms with van der Waals surface area (Å²) in [6.45, 7) is 6.18. The Labute approximate surface area is 155 Å². The van der Waals surface area contributed by atoms with Gasteiger partial charge < -0.3 is 19.1 Å². The molecule has 0 aromatic carbocycles. The first-order chi connectivity index (χ1) is 11.6. The van der Waals surface area contributed by atoms with Crippen molar-refractivity contribution < 1.29 is 23.8 Å². The lowest BCUT2D eigenvalue weighted by Crippen LogP contribution is -2.53. The van der Waals surface area contributed by atoms with E-state index in [0.29, 0.717) is 36.3 Å². The van der Waals surface area contributed by atoms with Crippen LogP contribution < -0.4 is 4.74 Å². The summed E-state index contributed by atoms with van der Waals surface area (Å²) in [5.41, 5.74) is -1.56. The highest BCUT2D eigenvalue weighted by atomic mass is 79.9. The number of hydrogen-bond donors (Lipinski definition) is 0. The van der Waals surface area contributed by atoms with E-state index in [1.807, 2.05) is 20.8 Å². The zero-order valence-electron chi connectivity index (χ0n) is 15.2. The molecule has 9 heteroatoms. The van der Waals surface area contributed by atoms with Crippen LogP contribution in [0.2, 0.25) is 0 Å². The Kier molecular flexibility index (Phi) is 5.65. The Morgan fingerprint density at radius 3 is 2.28 bits per heavy atom. The van der Waals surface area contributed by atoms with E-state index in [4.69, 9.17) is 14.2 Å². The van der Waals surface area contributed by atoms with Gasteiger partial charge in [-0.15, -0.1) is 0 Å². The maximum atomic E-state index is 12.6. The number of carbonyl (C=O) groups excluding carboxylic acids is 2. The third-order valence-corrected chi connectivity index (χ3v) is 4.84. The van der Waals surface area contributed by atoms with Gasteiger partial charge in [0.05, 0.1) is 20.4 Å². The van der Waals surface area contributed by atoms with Crippen LogP contribution in [0.5, 0.6) is 5.75 Å². The minimum atomic E-state index is -0.997. The van der Waals surface area contributed by atoms with Crippen molar-refractivity contribution in [2.45, 2.75) is 44.8 Å². The van der Waals surface area contributed by atoms with Crippen molar-refractivity contribution in [3.63, 3.8) is 0 Å². The summed E-state index contributed by atoms with van der Waals surface area (Å²) in [7, 11) is 2.88. The van der Waals surface area contributed by atoms with Crippen LogP contribution in [0.3, 0.4) is 0 Å². The van der Waals surface area contributed by atoms with E-state index >= 15 is 0 Å². The van der Waals surface area contributed by atoms with Crippen LogP contribution in [-0.2, 0) is 19.8 Å². The number of amides is 1. The van der Waals surface area contributed by atoms with Crippen LogP contribution in [0, 0.1) is 0 Å². The van der Waals surface area contributed by atoms with Crippen LogP contribution in [0.25, 0.3) is 0 Å². The Balaban J connectivity index is 2.23. The van der Waals surface area contributed by atoms with Crippen LogP contribution >= 0.6 is 15.9 Å². The van der Waals surface area contributed by atoms with Gasteiger partial charge in [0.25, 0.3) is 0 Å². The summed E-state index contributed by atoms with van der Waals surface area (Å²) in [5, 5.41) is 4.29. The standard InChI is InChI=1S/C16H24BrN3O5/c1-15(2,3)25-14(22)19-8-6-16(7-9-19,13(21)24-5)20-12(17)11(23-4)10-18-20/h10H,6-9H2,1-5H3. The van der Waals surface area contributed by atoms with Gasteiger partial charge >= 0.3 is 12.1 Å². The van der Waals surface area contributed by atoms with Gasteiger partial charge in [0, 0.05) is 25.9 Å². The van der Waals surface area contributed by atoms with E-state index in [0.717, 1.165) is 0 Å². The van der Waals surface area contributed by atoms with E-state index in [1.54, 1.807) is 9.58 Å². The molecule has 1 saturated heterocycles. The number of methoxy groups -OCH3 is 2. The van der Waals surface area contributed by atoms with Crippen molar-refractivity contribution in [1.29, 1.82) is 0 Å². The van der Waals surface area contributed by atoms with Gasteiger partial charge in [0.15, 0.2) is 11.3 Å². The number of ether oxygens (including phenoxy) is 3. The highest BCUT2D eigenvalue weighted by molar-refractivity contribution is 9.10. The summed E-state index contributed by atoms with van der Waals surface area (Å²) in [6.07, 6.45) is 1.88. The molecule has 140 valence electrons. The smallest absolute Gasteiger partial charge is 0.410 e. The number of hydrogen-bond acceptors (Lipinski definition) is 6. The molecule has 8 nitrogen and oxygen atoms in total. The number of carbonyl (C=O) groups is 2. The minimum Gasteiger partial charge on any atom is -0.492 e. The molecule has 0 bridgehead atoms. The number of halogens is 1. The number of piperidine rings is 1. The molecule has 0 N–H and O–H groups in total. The van der Waals surface area contributed by atoms with Crippen LogP contribution in [0.4, 0.5) is 4.79 Å². The lowest BCUT2D eigenvalue weighted by molar-refractivity contribution is -0.155. The second kappa shape index (κ2) is 7.23. The first-order valence-electron chi connectivity index (χ1n) is 7.99. The SMILES string of the molecule is COC(=O)C1(n2ncc(OC)c2Br)CCN(C(=O)OC(C)(C)C)CC1. The Bertz CT molecular complexity index is 645. The molecule has 0 spiro atoms. The molecule has 0 aliphatic carbocycles. The van der Waals surface area contributed by atoms with E-state index in [9.17, 15) is 9.59 Å². The van der Waals surface area contributed by atoms with Gasteiger partial charge in [-0.1, -0.05) is 0 Å². The van der Waals surface area contributed by atoms with Crippen molar-refractivity contribution in [2.75, 3.05) is 27.3 Å². The fourth-order valence-electron chi connectivity index (χ4n) is 2.83. The van der Waals surface area contributed by atoms with Crippen molar-refractivity contribution >= 4 is 28.0 Å². The topological polar surface area (TPSA) is 82.9 Å². The maximum Gasteiger partial charge on any atom is 0.410 e. The Hall–Kier alpha value is -1.77. The van der Waals surface area contributed by atoms with Gasteiger partial charge in [-0.3, -0.25) is 0 Å². The van der Waals surface area contributed by atoms with E-state index < -0.39 is 17.1 Å². The van der Waals surface area contributed by atoms with Crippen LogP contribution in [-0.4, -0.2) is 59.7 Å². The number of aromatic nitrogens is 2. The molecular formula is C16H24BrN3O5. The van der Waals surface area contributed by atoms with Crippen LogP contribution in [0.1, 0.15) is 33.6 Å². The molecule has 1 amide bonds. The van der Waals surface area contributed by atoms with Crippen molar-refractivity contribution in [1.82, 2.24) is 14.7 Å². The largest absolute Gasteiger partial charge is 0.492 e. The molecule has 1 fully saturated rings. The highest BCUT2D eigenvalue weighted by Gasteiger charge is 2.47. The molecule has 0 radical (unpaired) electrons. The van der Waals surface area contributed by atoms with Gasteiger partial charge in [-0.25, -0.2) is 14.3 Å². The summed E-state index contributed by atoms with van der Waals surface area (Å²) in [4.78, 5) is 26.4. The van der Waals surface area contributed by atoms with E-state index in [2.05, 4.69) is 21.0 Å². The van der Waals surface area contributed by atoms with Crippen molar-refractivity contribution in [2.24, 2.45) is 0 Å². The lowest BCUT2D eigenvalue weighted by atomic mass is 9.87. The maximum absolute atomic E-state index is 12.6. The summed E-state index contributed by atoms with van der Waals surface area (Å²) < 4.78 is 17.8. The second-order valence-corrected chi connectivity index (χ2v) is 7.66. The Morgan fingerprint density at radius 2 is 1.84 bits per heavy atom. The average Bonchev–Trinajstić information content (AvgIpc) is 2.93. The molecule has 25 heavy (non-hydrogen) atoms. The van der Waals surface area contributed by atoms with Gasteiger partial charge in [0.2, 0.25) is 0 Å². The fourth-order valence-corrected chi connectivity index (χ4v) is 3.53. The molecule has 2 rings (SSSR count). The molecule has 1 aromatic heterocycles. The predicted octanol–water partition coefficient (Wildman–Crippen LogP) is 2.55. The molecule has 1 aliphatic heterocycles. The lowest BCUT2D eigenvalue weighted by Gasteiger charge is -2.40.